The van der Waals surface area contributed by atoms with Crippen molar-refractivity contribution in [2.45, 2.75) is 38.6 Å². The van der Waals surface area contributed by atoms with Gasteiger partial charge in [0.05, 0.1) is 0 Å². The van der Waals surface area contributed by atoms with Gasteiger partial charge in [0.1, 0.15) is 5.82 Å². The predicted molar refractivity (Wildman–Crippen MR) is 81.5 cm³/mol. The molecule has 1 aliphatic rings. The topological polar surface area (TPSA) is 36.4 Å². The molecular formula is C16H24FN3. The van der Waals surface area contributed by atoms with Gasteiger partial charge in [-0.3, -0.25) is 4.99 Å². The highest BCUT2D eigenvalue weighted by atomic mass is 19.1. The lowest BCUT2D eigenvalue weighted by atomic mass is 10.1. The van der Waals surface area contributed by atoms with Crippen molar-refractivity contribution in [2.75, 3.05) is 13.6 Å². The largest absolute Gasteiger partial charge is 0.356 e. The molecule has 20 heavy (non-hydrogen) atoms. The van der Waals surface area contributed by atoms with Crippen molar-refractivity contribution in [1.29, 1.82) is 0 Å². The zero-order valence-electron chi connectivity index (χ0n) is 12.5. The molecule has 2 rings (SSSR count). The van der Waals surface area contributed by atoms with Gasteiger partial charge in [-0.05, 0) is 30.4 Å². The Balaban J connectivity index is 1.82. The Bertz CT molecular complexity index is 471. The number of benzene rings is 1. The van der Waals surface area contributed by atoms with Crippen LogP contribution in [0.25, 0.3) is 0 Å². The molecule has 1 aromatic rings. The summed E-state index contributed by atoms with van der Waals surface area (Å²) < 4.78 is 13.7. The van der Waals surface area contributed by atoms with E-state index in [4.69, 9.17) is 0 Å². The Morgan fingerprint density at radius 2 is 2.15 bits per heavy atom. The zero-order valence-corrected chi connectivity index (χ0v) is 12.5. The molecule has 4 heteroatoms. The molecule has 1 saturated carbocycles. The molecule has 0 aliphatic heterocycles. The van der Waals surface area contributed by atoms with E-state index in [2.05, 4.69) is 29.5 Å². The molecule has 2 N–H and O–H groups in total. The number of halogens is 1. The summed E-state index contributed by atoms with van der Waals surface area (Å²) in [7, 11) is 1.77. The first-order valence-corrected chi connectivity index (χ1v) is 7.33. The van der Waals surface area contributed by atoms with Crippen LogP contribution in [0.15, 0.2) is 29.3 Å². The number of hydrogen-bond acceptors (Lipinski definition) is 1. The van der Waals surface area contributed by atoms with Gasteiger partial charge in [0.2, 0.25) is 0 Å². The molecular weight excluding hydrogens is 253 g/mol. The Morgan fingerprint density at radius 1 is 1.40 bits per heavy atom. The number of guanidine groups is 1. The number of nitrogens with zero attached hydrogens (tertiary/aromatic N) is 1. The van der Waals surface area contributed by atoms with Crippen LogP contribution in [0.2, 0.25) is 0 Å². The van der Waals surface area contributed by atoms with Crippen LogP contribution in [0, 0.1) is 11.7 Å². The van der Waals surface area contributed by atoms with Crippen molar-refractivity contribution < 1.29 is 4.39 Å². The monoisotopic (exact) mass is 277 g/mol. The predicted octanol–water partition coefficient (Wildman–Crippen LogP) is 2.89. The lowest BCUT2D eigenvalue weighted by Gasteiger charge is -2.13. The first-order chi connectivity index (χ1) is 9.61. The Kier molecular flexibility index (Phi) is 4.99. The molecule has 0 amide bonds. The average molecular weight is 277 g/mol. The highest BCUT2D eigenvalue weighted by Gasteiger charge is 2.40. The molecule has 0 spiro atoms. The minimum absolute atomic E-state index is 0.107. The highest BCUT2D eigenvalue weighted by molar-refractivity contribution is 5.80. The van der Waals surface area contributed by atoms with Gasteiger partial charge in [-0.1, -0.05) is 32.0 Å². The summed E-state index contributed by atoms with van der Waals surface area (Å²) in [6.45, 7) is 5.31. The Morgan fingerprint density at radius 3 is 2.80 bits per heavy atom. The normalized spacial score (nSPS) is 21.9. The van der Waals surface area contributed by atoms with E-state index in [1.807, 2.05) is 12.1 Å². The first-order valence-electron chi connectivity index (χ1n) is 7.33. The molecule has 0 saturated heterocycles. The molecule has 0 aromatic heterocycles. The molecule has 110 valence electrons. The van der Waals surface area contributed by atoms with Crippen molar-refractivity contribution in [1.82, 2.24) is 10.6 Å². The minimum Gasteiger partial charge on any atom is -0.356 e. The van der Waals surface area contributed by atoms with E-state index in [9.17, 15) is 4.39 Å². The van der Waals surface area contributed by atoms with Crippen molar-refractivity contribution in [3.63, 3.8) is 0 Å². The number of hydrogen-bond donors (Lipinski definition) is 2. The van der Waals surface area contributed by atoms with Crippen molar-refractivity contribution in [3.05, 3.63) is 35.6 Å². The molecule has 2 unspecified atom stereocenters. The van der Waals surface area contributed by atoms with Gasteiger partial charge >= 0.3 is 0 Å². The maximum Gasteiger partial charge on any atom is 0.191 e. The zero-order chi connectivity index (χ0) is 14.5. The van der Waals surface area contributed by atoms with E-state index in [1.165, 1.54) is 6.07 Å². The molecule has 0 radical (unpaired) electrons. The third kappa shape index (κ3) is 3.95. The van der Waals surface area contributed by atoms with Gasteiger partial charge in [0, 0.05) is 25.6 Å². The van der Waals surface area contributed by atoms with Crippen LogP contribution in [0.5, 0.6) is 0 Å². The third-order valence-corrected chi connectivity index (χ3v) is 3.65. The van der Waals surface area contributed by atoms with E-state index in [1.54, 1.807) is 13.1 Å². The minimum atomic E-state index is -0.107. The second-order valence-electron chi connectivity index (χ2n) is 5.80. The molecule has 1 aliphatic carbocycles. The fourth-order valence-electron chi connectivity index (χ4n) is 2.32. The third-order valence-electron chi connectivity index (χ3n) is 3.65. The summed E-state index contributed by atoms with van der Waals surface area (Å²) in [6, 6.07) is 7.31. The summed E-state index contributed by atoms with van der Waals surface area (Å²) in [6.07, 6.45) is 2.08. The number of nitrogens with one attached hydrogen (secondary N) is 2. The molecule has 1 aromatic carbocycles. The van der Waals surface area contributed by atoms with E-state index in [0.29, 0.717) is 5.92 Å². The maximum atomic E-state index is 13.7. The highest BCUT2D eigenvalue weighted by Crippen LogP contribution is 2.41. The van der Waals surface area contributed by atoms with Gasteiger partial charge in [-0.25, -0.2) is 4.39 Å². The van der Waals surface area contributed by atoms with Crippen molar-refractivity contribution in [2.24, 2.45) is 10.9 Å². The summed E-state index contributed by atoms with van der Waals surface area (Å²) in [4.78, 5) is 4.22. The fourth-order valence-corrected chi connectivity index (χ4v) is 2.32. The van der Waals surface area contributed by atoms with Crippen molar-refractivity contribution in [3.8, 4) is 0 Å². The van der Waals surface area contributed by atoms with E-state index in [-0.39, 0.29) is 17.8 Å². The summed E-state index contributed by atoms with van der Waals surface area (Å²) in [5, 5.41) is 6.67. The van der Waals surface area contributed by atoms with Crippen LogP contribution in [-0.4, -0.2) is 25.6 Å². The van der Waals surface area contributed by atoms with Gasteiger partial charge in [0.15, 0.2) is 5.96 Å². The molecule has 0 bridgehead atoms. The number of rotatable bonds is 5. The van der Waals surface area contributed by atoms with Crippen LogP contribution in [0.1, 0.15) is 38.2 Å². The Labute approximate surface area is 120 Å². The van der Waals surface area contributed by atoms with E-state index >= 15 is 0 Å². The number of aliphatic imine (C=N–C) groups is 1. The SMILES string of the molecule is CN=C(NCCC(C)C)NC1CC1c1ccccc1F. The van der Waals surface area contributed by atoms with Crippen molar-refractivity contribution >= 4 is 5.96 Å². The van der Waals surface area contributed by atoms with Gasteiger partial charge in [-0.2, -0.15) is 0 Å². The lowest BCUT2D eigenvalue weighted by Crippen LogP contribution is -2.39. The standard InChI is InChI=1S/C16H24FN3/c1-11(2)8-9-19-16(18-3)20-15-10-13(15)12-6-4-5-7-14(12)17/h4-7,11,13,15H,8-10H2,1-3H3,(H2,18,19,20). The van der Waals surface area contributed by atoms with Crippen LogP contribution < -0.4 is 10.6 Å². The average Bonchev–Trinajstić information content (AvgIpc) is 3.16. The molecule has 2 atom stereocenters. The van der Waals surface area contributed by atoms with Gasteiger partial charge in [0.25, 0.3) is 0 Å². The second-order valence-corrected chi connectivity index (χ2v) is 5.80. The van der Waals surface area contributed by atoms with Crippen LogP contribution >= 0.6 is 0 Å². The van der Waals surface area contributed by atoms with E-state index < -0.39 is 0 Å². The molecule has 0 heterocycles. The Hall–Kier alpha value is -1.58. The van der Waals surface area contributed by atoms with Crippen LogP contribution in [0.4, 0.5) is 4.39 Å². The first kappa shape index (κ1) is 14.8. The van der Waals surface area contributed by atoms with Crippen LogP contribution in [0.3, 0.4) is 0 Å². The van der Waals surface area contributed by atoms with Gasteiger partial charge in [-0.15, -0.1) is 0 Å². The quantitative estimate of drug-likeness (QED) is 0.641. The van der Waals surface area contributed by atoms with E-state index in [0.717, 1.165) is 30.9 Å². The van der Waals surface area contributed by atoms with Gasteiger partial charge < -0.3 is 10.6 Å². The maximum absolute atomic E-state index is 13.7. The molecule has 3 nitrogen and oxygen atoms in total. The fraction of sp³-hybridized carbons (Fsp3) is 0.562. The van der Waals surface area contributed by atoms with Crippen LogP contribution in [-0.2, 0) is 0 Å². The smallest absolute Gasteiger partial charge is 0.191 e. The summed E-state index contributed by atoms with van der Waals surface area (Å²) in [5.41, 5.74) is 0.808. The summed E-state index contributed by atoms with van der Waals surface area (Å²) >= 11 is 0. The lowest BCUT2D eigenvalue weighted by molar-refractivity contribution is 0.573. The molecule has 1 fully saturated rings. The summed E-state index contributed by atoms with van der Waals surface area (Å²) in [5.74, 6) is 1.64. The second kappa shape index (κ2) is 6.73.